The highest BCUT2D eigenvalue weighted by molar-refractivity contribution is 7.20. The summed E-state index contributed by atoms with van der Waals surface area (Å²) in [6, 6.07) is 4.42. The Balaban J connectivity index is 1.56. The molecule has 10 nitrogen and oxygen atoms in total. The van der Waals surface area contributed by atoms with E-state index in [0.29, 0.717) is 15.8 Å². The van der Waals surface area contributed by atoms with Crippen molar-refractivity contribution in [1.82, 2.24) is 34.8 Å². The molecule has 1 aromatic carbocycles. The number of anilines is 1. The van der Waals surface area contributed by atoms with Gasteiger partial charge in [0, 0.05) is 17.3 Å². The first kappa shape index (κ1) is 22.5. The standard InChI is InChI=1S/C20H10ClF3N8O2S/c21-16-17(31-9-25-8-28-31)29-19(35-16)30-18(34)12-6-27-32(15(12)20(22,23)24)14-3-1-2-10-11(14)4-5-26-13(10)7-33/h1-6,8-9,26H,(H,29,30,34). The van der Waals surface area contributed by atoms with Crippen molar-refractivity contribution in [1.29, 1.82) is 0 Å². The first-order chi connectivity index (χ1) is 16.8. The van der Waals surface area contributed by atoms with Crippen LogP contribution >= 0.6 is 22.9 Å². The van der Waals surface area contributed by atoms with Crippen LogP contribution in [0, 0.1) is 0 Å². The van der Waals surface area contributed by atoms with Crippen LogP contribution in [0.2, 0.25) is 4.34 Å². The van der Waals surface area contributed by atoms with E-state index in [2.05, 4.69) is 30.8 Å². The van der Waals surface area contributed by atoms with E-state index in [1.807, 2.05) is 0 Å². The molecule has 35 heavy (non-hydrogen) atoms. The van der Waals surface area contributed by atoms with E-state index in [1.54, 1.807) is 12.0 Å². The number of aromatic nitrogens is 6. The number of fused-ring (bicyclic) bond motifs is 1. The number of halogens is 4. The Kier molecular flexibility index (Phi) is 5.47. The first-order valence-corrected chi connectivity index (χ1v) is 10.8. The number of hydrogen-bond donors (Lipinski definition) is 2. The largest absolute Gasteiger partial charge is 0.434 e. The molecule has 4 heterocycles. The lowest BCUT2D eigenvalue weighted by molar-refractivity contribution is -0.143. The molecule has 0 atom stereocenters. The van der Waals surface area contributed by atoms with Crippen LogP contribution in [0.15, 0.2) is 43.3 Å². The number of rotatable bonds is 4. The van der Waals surface area contributed by atoms with Gasteiger partial charge in [-0.2, -0.15) is 28.4 Å². The Labute approximate surface area is 202 Å². The molecule has 1 aliphatic heterocycles. The van der Waals surface area contributed by atoms with Gasteiger partial charge in [0.2, 0.25) is 0 Å². The van der Waals surface area contributed by atoms with Crippen LogP contribution in [-0.2, 0) is 11.0 Å². The number of thiazole rings is 1. The van der Waals surface area contributed by atoms with Crippen molar-refractivity contribution < 1.29 is 22.8 Å². The summed E-state index contributed by atoms with van der Waals surface area (Å²) < 4.78 is 44.5. The van der Waals surface area contributed by atoms with Crippen LogP contribution in [0.1, 0.15) is 27.2 Å². The van der Waals surface area contributed by atoms with Crippen molar-refractivity contribution in [3.8, 4) is 11.5 Å². The second-order valence-electron chi connectivity index (χ2n) is 6.92. The smallest absolute Gasteiger partial charge is 0.352 e. The number of carbonyl (C=O) groups is 1. The zero-order valence-electron chi connectivity index (χ0n) is 17.0. The maximum atomic E-state index is 14.2. The van der Waals surface area contributed by atoms with Gasteiger partial charge in [0.25, 0.3) is 5.91 Å². The average molecular weight is 519 g/mol. The zero-order chi connectivity index (χ0) is 24.7. The Morgan fingerprint density at radius 1 is 1.26 bits per heavy atom. The summed E-state index contributed by atoms with van der Waals surface area (Å²) in [7, 11) is 0. The molecular weight excluding hydrogens is 509 g/mol. The highest BCUT2D eigenvalue weighted by Crippen LogP contribution is 2.37. The van der Waals surface area contributed by atoms with Crippen molar-refractivity contribution in [3.63, 3.8) is 0 Å². The van der Waals surface area contributed by atoms with Crippen LogP contribution in [0.3, 0.4) is 0 Å². The van der Waals surface area contributed by atoms with Crippen molar-refractivity contribution in [2.45, 2.75) is 6.18 Å². The van der Waals surface area contributed by atoms with E-state index in [1.165, 1.54) is 41.7 Å². The molecule has 176 valence electrons. The van der Waals surface area contributed by atoms with Gasteiger partial charge in [0.1, 0.15) is 22.7 Å². The topological polar surface area (TPSA) is 120 Å². The molecule has 0 unspecified atom stereocenters. The fraction of sp³-hybridized carbons (Fsp3) is 0.0500. The van der Waals surface area contributed by atoms with Crippen LogP contribution in [-0.4, -0.2) is 41.4 Å². The monoisotopic (exact) mass is 518 g/mol. The Hall–Kier alpha value is -4.26. The Bertz CT molecular complexity index is 1530. The number of hydrogen-bond acceptors (Lipinski definition) is 8. The molecule has 0 radical (unpaired) electrons. The lowest BCUT2D eigenvalue weighted by Crippen LogP contribution is -2.21. The molecule has 0 fully saturated rings. The van der Waals surface area contributed by atoms with E-state index < -0.39 is 23.3 Å². The van der Waals surface area contributed by atoms with E-state index in [0.717, 1.165) is 17.5 Å². The first-order valence-electron chi connectivity index (χ1n) is 9.57. The summed E-state index contributed by atoms with van der Waals surface area (Å²) >= 11 is 6.97. The molecule has 0 spiro atoms. The minimum absolute atomic E-state index is 0.0186. The second kappa shape index (κ2) is 8.51. The number of amides is 1. The molecule has 0 bridgehead atoms. The normalized spacial score (nSPS) is 12.7. The molecule has 4 aromatic rings. The maximum absolute atomic E-state index is 14.2. The quantitative estimate of drug-likeness (QED) is 0.396. The maximum Gasteiger partial charge on any atom is 0.434 e. The fourth-order valence-corrected chi connectivity index (χ4v) is 4.47. The third kappa shape index (κ3) is 3.99. The highest BCUT2D eigenvalue weighted by atomic mass is 35.5. The number of alkyl halides is 3. The summed E-state index contributed by atoms with van der Waals surface area (Å²) in [5.41, 5.74) is -1.31. The zero-order valence-corrected chi connectivity index (χ0v) is 18.6. The number of carbonyl (C=O) groups excluding carboxylic acids is 2. The summed E-state index contributed by atoms with van der Waals surface area (Å²) in [5, 5.41) is 12.7. The van der Waals surface area contributed by atoms with Gasteiger partial charge in [-0.3, -0.25) is 10.1 Å². The lowest BCUT2D eigenvalue weighted by atomic mass is 10.0. The average Bonchev–Trinajstić information content (AvgIpc) is 3.57. The van der Waals surface area contributed by atoms with Gasteiger partial charge in [-0.25, -0.2) is 19.1 Å². The van der Waals surface area contributed by atoms with Crippen molar-refractivity contribution in [3.05, 3.63) is 70.0 Å². The molecule has 2 N–H and O–H groups in total. The van der Waals surface area contributed by atoms with Gasteiger partial charge in [-0.1, -0.05) is 35.1 Å². The molecular formula is C20H10ClF3N8O2S. The van der Waals surface area contributed by atoms with E-state index in [9.17, 15) is 22.8 Å². The van der Waals surface area contributed by atoms with E-state index in [4.69, 9.17) is 11.6 Å². The van der Waals surface area contributed by atoms with Gasteiger partial charge in [0.15, 0.2) is 22.6 Å². The van der Waals surface area contributed by atoms with Gasteiger partial charge < -0.3 is 5.32 Å². The number of nitrogens with zero attached hydrogens (tertiary/aromatic N) is 6. The van der Waals surface area contributed by atoms with Gasteiger partial charge in [0.05, 0.1) is 17.4 Å². The minimum Gasteiger partial charge on any atom is -0.352 e. The Morgan fingerprint density at radius 3 is 2.80 bits per heavy atom. The molecule has 0 saturated carbocycles. The number of nitrogens with one attached hydrogen (secondary N) is 2. The molecule has 1 aliphatic rings. The number of benzene rings is 1. The predicted octanol–water partition coefficient (Wildman–Crippen LogP) is 3.58. The minimum atomic E-state index is -4.95. The SMILES string of the molecule is O=C=C1NC=Cc2c1cccc2-n1ncc(C(=O)Nc2nc(-n3cncn3)c(Cl)s2)c1C(F)(F)F. The lowest BCUT2D eigenvalue weighted by Gasteiger charge is -2.19. The predicted molar refractivity (Wildman–Crippen MR) is 120 cm³/mol. The van der Waals surface area contributed by atoms with Crippen LogP contribution in [0.25, 0.3) is 23.3 Å². The molecule has 5 rings (SSSR count). The van der Waals surface area contributed by atoms with Gasteiger partial charge in [-0.15, -0.1) is 0 Å². The van der Waals surface area contributed by atoms with Gasteiger partial charge >= 0.3 is 6.18 Å². The third-order valence-corrected chi connectivity index (χ3v) is 6.02. The molecule has 3 aromatic heterocycles. The third-order valence-electron chi connectivity index (χ3n) is 4.87. The summed E-state index contributed by atoms with van der Waals surface area (Å²) in [6.45, 7) is 0. The van der Waals surface area contributed by atoms with Crippen molar-refractivity contribution >= 4 is 51.7 Å². The van der Waals surface area contributed by atoms with Crippen LogP contribution in [0.5, 0.6) is 0 Å². The summed E-state index contributed by atoms with van der Waals surface area (Å²) in [6.07, 6.45) is 1.34. The van der Waals surface area contributed by atoms with Gasteiger partial charge in [-0.05, 0) is 12.1 Å². The van der Waals surface area contributed by atoms with Crippen molar-refractivity contribution in [2.75, 3.05) is 5.32 Å². The highest BCUT2D eigenvalue weighted by Gasteiger charge is 2.41. The summed E-state index contributed by atoms with van der Waals surface area (Å²) in [5.74, 6) is 0.783. The van der Waals surface area contributed by atoms with Crippen LogP contribution in [0.4, 0.5) is 18.3 Å². The van der Waals surface area contributed by atoms with Crippen LogP contribution < -0.4 is 10.6 Å². The molecule has 15 heteroatoms. The second-order valence-corrected chi connectivity index (χ2v) is 8.52. The van der Waals surface area contributed by atoms with E-state index >= 15 is 0 Å². The molecule has 1 amide bonds. The molecule has 0 saturated heterocycles. The Morgan fingerprint density at radius 2 is 2.09 bits per heavy atom. The molecule has 0 aliphatic carbocycles. The van der Waals surface area contributed by atoms with E-state index in [-0.39, 0.29) is 26.7 Å². The summed E-state index contributed by atoms with van der Waals surface area (Å²) in [4.78, 5) is 32.0. The fourth-order valence-electron chi connectivity index (χ4n) is 3.44. The van der Waals surface area contributed by atoms with Crippen molar-refractivity contribution in [2.24, 2.45) is 0 Å².